The summed E-state index contributed by atoms with van der Waals surface area (Å²) in [6.07, 6.45) is 1.03. The van der Waals surface area contributed by atoms with Crippen LogP contribution < -0.4 is 9.46 Å². The highest BCUT2D eigenvalue weighted by molar-refractivity contribution is 7.92. The quantitative estimate of drug-likeness (QED) is 0.416. The summed E-state index contributed by atoms with van der Waals surface area (Å²) in [6, 6.07) is 5.36. The van der Waals surface area contributed by atoms with Gasteiger partial charge in [0.25, 0.3) is 16.0 Å². The van der Waals surface area contributed by atoms with Gasteiger partial charge in [-0.2, -0.15) is 9.37 Å². The van der Waals surface area contributed by atoms with Gasteiger partial charge in [-0.25, -0.2) is 21.6 Å². The Morgan fingerprint density at radius 1 is 1.14 bits per heavy atom. The first-order valence-corrected chi connectivity index (χ1v) is 9.79. The lowest BCUT2D eigenvalue weighted by Crippen LogP contribution is -2.15. The summed E-state index contributed by atoms with van der Waals surface area (Å²) < 4.78 is 85.3. The summed E-state index contributed by atoms with van der Waals surface area (Å²) in [6.45, 7) is -1.45. The van der Waals surface area contributed by atoms with Crippen molar-refractivity contribution < 1.29 is 30.7 Å². The zero-order valence-electron chi connectivity index (χ0n) is 14.3. The van der Waals surface area contributed by atoms with Crippen molar-refractivity contribution in [3.8, 4) is 17.0 Å². The molecule has 29 heavy (non-hydrogen) atoms. The van der Waals surface area contributed by atoms with E-state index in [0.717, 1.165) is 18.3 Å². The van der Waals surface area contributed by atoms with Crippen molar-refractivity contribution in [2.24, 2.45) is 0 Å². The first-order chi connectivity index (χ1) is 13.7. The van der Waals surface area contributed by atoms with Crippen LogP contribution in [-0.2, 0) is 10.0 Å². The number of benzene rings is 1. The molecule has 0 fully saturated rings. The van der Waals surface area contributed by atoms with E-state index < -0.39 is 52.5 Å². The highest BCUT2D eigenvalue weighted by Crippen LogP contribution is 2.28. The number of nitrogens with one attached hydrogen (secondary N) is 2. The van der Waals surface area contributed by atoms with E-state index in [1.807, 2.05) is 0 Å². The van der Waals surface area contributed by atoms with Gasteiger partial charge in [0.15, 0.2) is 17.4 Å². The Morgan fingerprint density at radius 2 is 1.90 bits per heavy atom. The Labute approximate surface area is 167 Å². The van der Waals surface area contributed by atoms with Crippen LogP contribution in [0.5, 0.6) is 5.75 Å². The number of halogens is 5. The second-order valence-electron chi connectivity index (χ2n) is 5.62. The van der Waals surface area contributed by atoms with E-state index >= 15 is 0 Å². The molecule has 6 nitrogen and oxygen atoms in total. The molecule has 0 aliphatic rings. The number of alkyl halides is 1. The number of pyridine rings is 1. The lowest BCUT2D eigenvalue weighted by molar-refractivity contribution is 0.258. The van der Waals surface area contributed by atoms with Crippen LogP contribution in [-0.4, -0.2) is 31.7 Å². The maximum atomic E-state index is 14.1. The smallest absolute Gasteiger partial charge is 0.264 e. The summed E-state index contributed by atoms with van der Waals surface area (Å²) in [5, 5.41) is 0.232. The molecule has 0 radical (unpaired) electrons. The number of ether oxygens (including phenoxy) is 1. The molecule has 0 spiro atoms. The third-order valence-corrected chi connectivity index (χ3v) is 5.20. The predicted octanol–water partition coefficient (Wildman–Crippen LogP) is 4.30. The molecule has 0 bridgehead atoms. The Hall–Kier alpha value is -2.79. The molecule has 2 heterocycles. The van der Waals surface area contributed by atoms with E-state index in [-0.39, 0.29) is 21.2 Å². The summed E-state index contributed by atoms with van der Waals surface area (Å²) in [4.78, 5) is 5.36. The van der Waals surface area contributed by atoms with Gasteiger partial charge in [-0.15, -0.1) is 0 Å². The molecule has 2 N–H and O–H groups in total. The van der Waals surface area contributed by atoms with Gasteiger partial charge >= 0.3 is 0 Å². The van der Waals surface area contributed by atoms with E-state index in [0.29, 0.717) is 6.07 Å². The van der Waals surface area contributed by atoms with Crippen LogP contribution in [0.1, 0.15) is 0 Å². The van der Waals surface area contributed by atoms with Crippen molar-refractivity contribution in [1.82, 2.24) is 9.97 Å². The molecule has 0 saturated carbocycles. The fourth-order valence-electron chi connectivity index (χ4n) is 2.35. The molecule has 0 aliphatic heterocycles. The van der Waals surface area contributed by atoms with E-state index in [2.05, 4.69) is 14.7 Å². The molecule has 154 valence electrons. The van der Waals surface area contributed by atoms with Crippen LogP contribution in [0, 0.1) is 17.6 Å². The Kier molecular flexibility index (Phi) is 5.99. The average Bonchev–Trinajstić information content (AvgIpc) is 3.16. The number of rotatable bonds is 7. The topological polar surface area (TPSA) is 84.1 Å². The largest absolute Gasteiger partial charge is 0.486 e. The van der Waals surface area contributed by atoms with Gasteiger partial charge in [-0.05, 0) is 24.3 Å². The van der Waals surface area contributed by atoms with Gasteiger partial charge < -0.3 is 9.72 Å². The van der Waals surface area contributed by atoms with Gasteiger partial charge in [0, 0.05) is 28.5 Å². The molecule has 2 aromatic heterocycles. The lowest BCUT2D eigenvalue weighted by Gasteiger charge is -2.09. The number of anilines is 1. The molecule has 0 aliphatic carbocycles. The van der Waals surface area contributed by atoms with Gasteiger partial charge in [0.2, 0.25) is 0 Å². The second kappa shape index (κ2) is 8.29. The van der Waals surface area contributed by atoms with Crippen LogP contribution >= 0.6 is 11.6 Å². The van der Waals surface area contributed by atoms with Crippen molar-refractivity contribution in [3.63, 3.8) is 0 Å². The van der Waals surface area contributed by atoms with Crippen LogP contribution in [0.25, 0.3) is 11.3 Å². The van der Waals surface area contributed by atoms with Crippen molar-refractivity contribution in [2.45, 2.75) is 4.90 Å². The minimum absolute atomic E-state index is 0.0173. The standard InChI is InChI=1S/C17H12ClF4N3O3S/c18-9-1-2-12(20)11(5-9)14-6-10(8-23-14)29(26,27)25-17-13(21)7-15(16(22)24-17)28-4-3-19/h1-2,5-8,23H,3-4H2,(H,24,25). The molecule has 1 aromatic carbocycles. The maximum absolute atomic E-state index is 14.1. The molecule has 0 atom stereocenters. The maximum Gasteiger partial charge on any atom is 0.264 e. The number of aromatic nitrogens is 2. The number of hydrogen-bond acceptors (Lipinski definition) is 4. The predicted molar refractivity (Wildman–Crippen MR) is 97.6 cm³/mol. The van der Waals surface area contributed by atoms with E-state index in [1.165, 1.54) is 12.1 Å². The molecule has 0 unspecified atom stereocenters. The van der Waals surface area contributed by atoms with Crippen LogP contribution in [0.4, 0.5) is 23.4 Å². The highest BCUT2D eigenvalue weighted by atomic mass is 35.5. The summed E-state index contributed by atoms with van der Waals surface area (Å²) in [5.41, 5.74) is 0.114. The number of aromatic amines is 1. The number of nitrogens with zero attached hydrogens (tertiary/aromatic N) is 1. The average molecular weight is 450 g/mol. The van der Waals surface area contributed by atoms with Crippen LogP contribution in [0.3, 0.4) is 0 Å². The Morgan fingerprint density at radius 3 is 2.62 bits per heavy atom. The zero-order valence-corrected chi connectivity index (χ0v) is 15.9. The lowest BCUT2D eigenvalue weighted by atomic mass is 10.1. The van der Waals surface area contributed by atoms with Crippen molar-refractivity contribution in [3.05, 3.63) is 59.1 Å². The number of H-pyrrole nitrogens is 1. The molecular formula is C17H12ClF4N3O3S. The first kappa shape index (κ1) is 20.9. The Bertz CT molecular complexity index is 1150. The first-order valence-electron chi connectivity index (χ1n) is 7.92. The van der Waals surface area contributed by atoms with E-state index in [1.54, 1.807) is 4.72 Å². The van der Waals surface area contributed by atoms with Crippen LogP contribution in [0.2, 0.25) is 5.02 Å². The molecule has 3 rings (SSSR count). The van der Waals surface area contributed by atoms with Gasteiger partial charge in [0.05, 0.1) is 0 Å². The molecule has 0 saturated heterocycles. The fraction of sp³-hybridized carbons (Fsp3) is 0.118. The molecule has 3 aromatic rings. The summed E-state index contributed by atoms with van der Waals surface area (Å²) in [5.74, 6) is -4.80. The van der Waals surface area contributed by atoms with Crippen molar-refractivity contribution >= 4 is 27.4 Å². The van der Waals surface area contributed by atoms with Gasteiger partial charge in [-0.1, -0.05) is 11.6 Å². The molecule has 0 amide bonds. The Balaban J connectivity index is 1.88. The van der Waals surface area contributed by atoms with E-state index in [4.69, 9.17) is 11.6 Å². The molecular weight excluding hydrogens is 438 g/mol. The van der Waals surface area contributed by atoms with Crippen molar-refractivity contribution in [1.29, 1.82) is 0 Å². The van der Waals surface area contributed by atoms with Gasteiger partial charge in [-0.3, -0.25) is 4.72 Å². The zero-order chi connectivity index (χ0) is 21.2. The number of hydrogen-bond donors (Lipinski definition) is 2. The third-order valence-electron chi connectivity index (χ3n) is 3.65. The van der Waals surface area contributed by atoms with E-state index in [9.17, 15) is 26.0 Å². The monoisotopic (exact) mass is 449 g/mol. The highest BCUT2D eigenvalue weighted by Gasteiger charge is 2.22. The summed E-state index contributed by atoms with van der Waals surface area (Å²) >= 11 is 5.82. The minimum Gasteiger partial charge on any atom is -0.486 e. The normalized spacial score (nSPS) is 11.5. The minimum atomic E-state index is -4.40. The van der Waals surface area contributed by atoms with Crippen LogP contribution in [0.15, 0.2) is 41.4 Å². The van der Waals surface area contributed by atoms with Crippen molar-refractivity contribution in [2.75, 3.05) is 18.0 Å². The molecule has 12 heteroatoms. The SMILES string of the molecule is O=S(=O)(Nc1nc(F)c(OCCF)cc1F)c1c[nH]c(-c2cc(Cl)ccc2F)c1. The summed E-state index contributed by atoms with van der Waals surface area (Å²) in [7, 11) is -4.40. The van der Waals surface area contributed by atoms with Gasteiger partial charge in [0.1, 0.15) is 24.0 Å². The second-order valence-corrected chi connectivity index (χ2v) is 7.74. The fourth-order valence-corrected chi connectivity index (χ4v) is 3.52. The third kappa shape index (κ3) is 4.62. The number of sulfonamides is 1.